The normalized spacial score (nSPS) is 28.7. The summed E-state index contributed by atoms with van der Waals surface area (Å²) in [6.07, 6.45) is 0.947. The average molecular weight is 439 g/mol. The summed E-state index contributed by atoms with van der Waals surface area (Å²) in [5.74, 6) is 6.46. The first-order chi connectivity index (χ1) is 14.8. The number of nitrogens with zero attached hydrogens (tertiary/aromatic N) is 4. The Morgan fingerprint density at radius 2 is 2.13 bits per heavy atom. The molecule has 2 fully saturated rings. The molecule has 31 heavy (non-hydrogen) atoms. The van der Waals surface area contributed by atoms with Crippen LogP contribution in [-0.2, 0) is 10.5 Å². The number of carbonyl (C=O) groups is 1. The number of aliphatic hydroxyl groups excluding tert-OH is 1. The number of carbonyl (C=O) groups excluding carboxylic acids is 1. The number of aliphatic hydroxyl groups is 2. The van der Waals surface area contributed by atoms with Gasteiger partial charge in [0, 0.05) is 20.5 Å². The molecule has 2 aliphatic carbocycles. The van der Waals surface area contributed by atoms with Crippen LogP contribution in [0.15, 0.2) is 17.8 Å². The highest BCUT2D eigenvalue weighted by atomic mass is 32.1. The second-order valence-corrected chi connectivity index (χ2v) is 9.04. The van der Waals surface area contributed by atoms with E-state index in [0.717, 1.165) is 10.4 Å². The third kappa shape index (κ3) is 2.70. The maximum absolute atomic E-state index is 12.4. The van der Waals surface area contributed by atoms with Crippen LogP contribution in [0, 0.1) is 30.1 Å². The van der Waals surface area contributed by atoms with Crippen LogP contribution < -0.4 is 10.6 Å². The molecule has 3 heterocycles. The van der Waals surface area contributed by atoms with Gasteiger partial charge < -0.3 is 20.8 Å². The lowest BCUT2D eigenvalue weighted by atomic mass is 9.94. The van der Waals surface area contributed by atoms with Crippen molar-refractivity contribution in [2.75, 3.05) is 19.4 Å². The Labute approximate surface area is 182 Å². The van der Waals surface area contributed by atoms with Crippen molar-refractivity contribution in [2.45, 2.75) is 31.6 Å². The molecule has 3 aromatic heterocycles. The maximum Gasteiger partial charge on any atom is 0.229 e. The number of hydrogen-bond donors (Lipinski definition) is 4. The molecule has 9 nitrogen and oxygen atoms in total. The molecule has 0 radical (unpaired) electrons. The summed E-state index contributed by atoms with van der Waals surface area (Å²) in [6.45, 7) is 1.99. The highest BCUT2D eigenvalue weighted by Gasteiger charge is 2.76. The Kier molecular flexibility index (Phi) is 4.34. The van der Waals surface area contributed by atoms with Gasteiger partial charge in [-0.1, -0.05) is 0 Å². The van der Waals surface area contributed by atoms with Gasteiger partial charge in [0.05, 0.1) is 16.6 Å². The minimum absolute atomic E-state index is 0.100. The van der Waals surface area contributed by atoms with Crippen molar-refractivity contribution in [2.24, 2.45) is 11.3 Å². The van der Waals surface area contributed by atoms with Crippen LogP contribution in [0.3, 0.4) is 0 Å². The molecular weight excluding hydrogens is 416 g/mol. The summed E-state index contributed by atoms with van der Waals surface area (Å²) in [5.41, 5.74) is -0.784. The Morgan fingerprint density at radius 1 is 1.32 bits per heavy atom. The van der Waals surface area contributed by atoms with Crippen LogP contribution in [0.25, 0.3) is 11.2 Å². The number of amides is 1. The standard InChI is InChI=1S/C21H22N6O3S/c1-11-6-7-31-13(11)4-5-14-25-16(22-2)15-17(26-14)27(10-24-15)21(30)9-12-8-20(12,18(21)28)19(29)23-3/h6-7,10,12,18,28,30H,8-9H2,1-3H3,(H,23,29)(H,22,25,26)/t12?,18-,20?,21-/m1/s1. The molecule has 3 aromatic rings. The van der Waals surface area contributed by atoms with E-state index in [-0.39, 0.29) is 24.1 Å². The van der Waals surface area contributed by atoms with Crippen molar-refractivity contribution in [1.29, 1.82) is 0 Å². The van der Waals surface area contributed by atoms with Crippen LogP contribution >= 0.6 is 11.3 Å². The molecule has 0 aliphatic heterocycles. The van der Waals surface area contributed by atoms with E-state index in [4.69, 9.17) is 0 Å². The third-order valence-electron chi connectivity index (χ3n) is 6.48. The van der Waals surface area contributed by atoms with Gasteiger partial charge in [-0.2, -0.15) is 0 Å². The second kappa shape index (κ2) is 6.75. The SMILES string of the molecule is CNC(=O)C12CC1C[C@](O)(n1cnc3c(NC)nc(C#Cc4sccc4C)nc31)[C@@H]2O. The van der Waals surface area contributed by atoms with E-state index in [0.29, 0.717) is 23.4 Å². The molecule has 0 aromatic carbocycles. The molecule has 160 valence electrons. The fraction of sp³-hybridized carbons (Fsp3) is 0.429. The fourth-order valence-corrected chi connectivity index (χ4v) is 5.49. The molecule has 0 spiro atoms. The molecule has 2 aliphatic rings. The van der Waals surface area contributed by atoms with Crippen LogP contribution in [0.2, 0.25) is 0 Å². The number of hydrogen-bond acceptors (Lipinski definition) is 8. The predicted molar refractivity (Wildman–Crippen MR) is 115 cm³/mol. The summed E-state index contributed by atoms with van der Waals surface area (Å²) < 4.78 is 1.45. The van der Waals surface area contributed by atoms with E-state index >= 15 is 0 Å². The Balaban J connectivity index is 1.60. The van der Waals surface area contributed by atoms with Crippen LogP contribution in [0.1, 0.15) is 29.1 Å². The fourth-order valence-electron chi connectivity index (χ4n) is 4.72. The summed E-state index contributed by atoms with van der Waals surface area (Å²) in [7, 11) is 3.26. The summed E-state index contributed by atoms with van der Waals surface area (Å²) in [5, 5.41) is 30.1. The molecule has 4 N–H and O–H groups in total. The first-order valence-corrected chi connectivity index (χ1v) is 10.8. The monoisotopic (exact) mass is 438 g/mol. The molecule has 2 unspecified atom stereocenters. The van der Waals surface area contributed by atoms with Crippen molar-refractivity contribution < 1.29 is 15.0 Å². The van der Waals surface area contributed by atoms with Gasteiger partial charge in [0.2, 0.25) is 11.7 Å². The quantitative estimate of drug-likeness (QED) is 0.446. The van der Waals surface area contributed by atoms with Crippen LogP contribution in [0.5, 0.6) is 0 Å². The van der Waals surface area contributed by atoms with Gasteiger partial charge in [-0.15, -0.1) is 11.3 Å². The molecule has 10 heteroatoms. The minimum atomic E-state index is -1.70. The van der Waals surface area contributed by atoms with Gasteiger partial charge in [-0.05, 0) is 48.1 Å². The Morgan fingerprint density at radius 3 is 2.81 bits per heavy atom. The number of imidazole rings is 1. The molecule has 1 amide bonds. The van der Waals surface area contributed by atoms with E-state index in [9.17, 15) is 15.0 Å². The number of rotatable bonds is 3. The Bertz CT molecular complexity index is 1270. The topological polar surface area (TPSA) is 125 Å². The van der Waals surface area contributed by atoms with Crippen molar-refractivity contribution in [3.8, 4) is 11.8 Å². The number of aromatic nitrogens is 4. The van der Waals surface area contributed by atoms with E-state index in [1.807, 2.05) is 18.4 Å². The molecule has 0 saturated heterocycles. The molecule has 4 atom stereocenters. The lowest BCUT2D eigenvalue weighted by Crippen LogP contribution is -2.49. The zero-order chi connectivity index (χ0) is 22.0. The summed E-state index contributed by atoms with van der Waals surface area (Å²) in [6, 6.07) is 2.00. The van der Waals surface area contributed by atoms with Crippen molar-refractivity contribution >= 4 is 34.2 Å². The molecule has 0 bridgehead atoms. The molecule has 5 rings (SSSR count). The van der Waals surface area contributed by atoms with Crippen molar-refractivity contribution in [3.63, 3.8) is 0 Å². The maximum atomic E-state index is 12.4. The number of aryl methyl sites for hydroxylation is 1. The van der Waals surface area contributed by atoms with Crippen LogP contribution in [0.4, 0.5) is 5.82 Å². The van der Waals surface area contributed by atoms with Crippen LogP contribution in [-0.4, -0.2) is 55.8 Å². The van der Waals surface area contributed by atoms with Gasteiger partial charge in [-0.3, -0.25) is 9.36 Å². The number of fused-ring (bicyclic) bond motifs is 2. The van der Waals surface area contributed by atoms with Gasteiger partial charge in [0.25, 0.3) is 0 Å². The van der Waals surface area contributed by atoms with Gasteiger partial charge >= 0.3 is 0 Å². The van der Waals surface area contributed by atoms with Gasteiger partial charge in [0.15, 0.2) is 22.7 Å². The van der Waals surface area contributed by atoms with E-state index in [1.54, 1.807) is 18.4 Å². The Hall–Kier alpha value is -3.00. The van der Waals surface area contributed by atoms with E-state index in [1.165, 1.54) is 17.9 Å². The zero-order valence-electron chi connectivity index (χ0n) is 17.3. The summed E-state index contributed by atoms with van der Waals surface area (Å²) in [4.78, 5) is 26.7. The third-order valence-corrected chi connectivity index (χ3v) is 7.41. The lowest BCUT2D eigenvalue weighted by Gasteiger charge is -2.33. The number of thiophene rings is 1. The predicted octanol–water partition coefficient (Wildman–Crippen LogP) is 0.800. The van der Waals surface area contributed by atoms with Crippen molar-refractivity contribution in [3.05, 3.63) is 34.0 Å². The number of nitrogens with one attached hydrogen (secondary N) is 2. The van der Waals surface area contributed by atoms with Crippen molar-refractivity contribution in [1.82, 2.24) is 24.8 Å². The highest BCUT2D eigenvalue weighted by Crippen LogP contribution is 2.68. The highest BCUT2D eigenvalue weighted by molar-refractivity contribution is 7.10. The largest absolute Gasteiger partial charge is 0.387 e. The summed E-state index contributed by atoms with van der Waals surface area (Å²) >= 11 is 1.54. The van der Waals surface area contributed by atoms with Gasteiger partial charge in [-0.25, -0.2) is 15.0 Å². The number of anilines is 1. The lowest BCUT2D eigenvalue weighted by molar-refractivity contribution is -0.155. The van der Waals surface area contributed by atoms with Gasteiger partial charge in [0.1, 0.15) is 6.10 Å². The van der Waals surface area contributed by atoms with E-state index in [2.05, 4.69) is 37.4 Å². The molecular formula is C21H22N6O3S. The zero-order valence-corrected chi connectivity index (χ0v) is 18.1. The smallest absolute Gasteiger partial charge is 0.229 e. The average Bonchev–Trinajstić information content (AvgIpc) is 3.03. The second-order valence-electron chi connectivity index (χ2n) is 8.12. The van der Waals surface area contributed by atoms with E-state index < -0.39 is 17.2 Å². The minimum Gasteiger partial charge on any atom is -0.387 e. The first-order valence-electron chi connectivity index (χ1n) is 9.97. The first kappa shape index (κ1) is 19.9. The molecule has 2 saturated carbocycles.